The summed E-state index contributed by atoms with van der Waals surface area (Å²) in [4.78, 5) is 14.0. The molecule has 1 aliphatic heterocycles. The Morgan fingerprint density at radius 1 is 1.11 bits per heavy atom. The zero-order chi connectivity index (χ0) is 12.4. The molecule has 1 saturated carbocycles. The van der Waals surface area contributed by atoms with Crippen molar-refractivity contribution < 1.29 is 4.79 Å². The van der Waals surface area contributed by atoms with E-state index in [4.69, 9.17) is 0 Å². The van der Waals surface area contributed by atoms with Crippen molar-refractivity contribution in [3.63, 3.8) is 0 Å². The van der Waals surface area contributed by atoms with E-state index in [2.05, 4.69) is 35.2 Å². The normalized spacial score (nSPS) is 29.0. The van der Waals surface area contributed by atoms with Crippen LogP contribution in [0.25, 0.3) is 0 Å². The number of likely N-dealkylation sites (tertiary alicyclic amines) is 1. The molecule has 1 saturated heterocycles. The van der Waals surface area contributed by atoms with Crippen LogP contribution in [0.3, 0.4) is 0 Å². The largest absolute Gasteiger partial charge is 0.300 e. The number of carbonyl (C=O) groups excluding carboxylic acids is 1. The van der Waals surface area contributed by atoms with E-state index in [-0.39, 0.29) is 0 Å². The van der Waals surface area contributed by atoms with Gasteiger partial charge in [0.25, 0.3) is 0 Å². The smallest absolute Gasteiger partial charge is 0.133 e. The van der Waals surface area contributed by atoms with Gasteiger partial charge in [-0.2, -0.15) is 0 Å². The molecule has 1 heterocycles. The molecular formula is C16H21NO. The number of hydrogen-bond donors (Lipinski definition) is 0. The van der Waals surface area contributed by atoms with Crippen LogP contribution in [-0.4, -0.2) is 23.8 Å². The highest BCUT2D eigenvalue weighted by molar-refractivity contribution is 5.79. The molecule has 96 valence electrons. The molecular weight excluding hydrogens is 222 g/mol. The Kier molecular flexibility index (Phi) is 3.46. The van der Waals surface area contributed by atoms with Gasteiger partial charge in [0.05, 0.1) is 0 Å². The number of hydrogen-bond acceptors (Lipinski definition) is 2. The van der Waals surface area contributed by atoms with Crippen LogP contribution in [-0.2, 0) is 11.3 Å². The molecule has 2 aliphatic rings. The summed E-state index contributed by atoms with van der Waals surface area (Å²) in [5.41, 5.74) is 1.41. The summed E-state index contributed by atoms with van der Waals surface area (Å²) in [7, 11) is 0. The maximum atomic E-state index is 11.5. The lowest BCUT2D eigenvalue weighted by Crippen LogP contribution is -2.42. The van der Waals surface area contributed by atoms with Crippen LogP contribution in [0.5, 0.6) is 0 Å². The van der Waals surface area contributed by atoms with Crippen LogP contribution in [0, 0.1) is 11.8 Å². The zero-order valence-corrected chi connectivity index (χ0v) is 10.8. The SMILES string of the molecule is O=C1CCC2CN(Cc3ccccc3)CC[C@H]2C1. The molecule has 1 aliphatic carbocycles. The van der Waals surface area contributed by atoms with Gasteiger partial charge in [0.2, 0.25) is 0 Å². The van der Waals surface area contributed by atoms with Gasteiger partial charge in [-0.3, -0.25) is 9.69 Å². The van der Waals surface area contributed by atoms with Gasteiger partial charge in [-0.15, -0.1) is 0 Å². The third kappa shape index (κ3) is 2.64. The molecule has 2 atom stereocenters. The highest BCUT2D eigenvalue weighted by atomic mass is 16.1. The monoisotopic (exact) mass is 243 g/mol. The molecule has 0 radical (unpaired) electrons. The summed E-state index contributed by atoms with van der Waals surface area (Å²) in [6.07, 6.45) is 4.00. The average Bonchev–Trinajstić information content (AvgIpc) is 2.40. The molecule has 1 aromatic carbocycles. The van der Waals surface area contributed by atoms with E-state index in [0.717, 1.165) is 38.3 Å². The maximum Gasteiger partial charge on any atom is 0.133 e. The maximum absolute atomic E-state index is 11.5. The molecule has 2 fully saturated rings. The van der Waals surface area contributed by atoms with Crippen LogP contribution in [0.15, 0.2) is 30.3 Å². The van der Waals surface area contributed by atoms with Crippen molar-refractivity contribution in [1.29, 1.82) is 0 Å². The molecule has 0 amide bonds. The Hall–Kier alpha value is -1.15. The van der Waals surface area contributed by atoms with E-state index in [1.807, 2.05) is 0 Å². The van der Waals surface area contributed by atoms with Gasteiger partial charge < -0.3 is 0 Å². The second kappa shape index (κ2) is 5.23. The standard InChI is InChI=1S/C16H21NO/c18-16-7-6-15-12-17(9-8-14(15)10-16)11-13-4-2-1-3-5-13/h1-5,14-15H,6-12H2/t14-,15?/m0/s1. The summed E-state index contributed by atoms with van der Waals surface area (Å²) in [6, 6.07) is 10.7. The number of carbonyl (C=O) groups is 1. The molecule has 18 heavy (non-hydrogen) atoms. The summed E-state index contributed by atoms with van der Waals surface area (Å²) in [5.74, 6) is 1.94. The number of fused-ring (bicyclic) bond motifs is 1. The van der Waals surface area contributed by atoms with Crippen molar-refractivity contribution in [2.24, 2.45) is 11.8 Å². The number of benzene rings is 1. The Morgan fingerprint density at radius 2 is 1.94 bits per heavy atom. The molecule has 0 aromatic heterocycles. The van der Waals surface area contributed by atoms with Crippen LogP contribution < -0.4 is 0 Å². The van der Waals surface area contributed by atoms with Crippen molar-refractivity contribution in [3.05, 3.63) is 35.9 Å². The first-order valence-electron chi connectivity index (χ1n) is 7.09. The molecule has 0 spiro atoms. The van der Waals surface area contributed by atoms with Gasteiger partial charge in [-0.1, -0.05) is 30.3 Å². The lowest BCUT2D eigenvalue weighted by atomic mass is 9.74. The summed E-state index contributed by atoms with van der Waals surface area (Å²) in [5, 5.41) is 0. The van der Waals surface area contributed by atoms with Crippen LogP contribution in [0.1, 0.15) is 31.2 Å². The van der Waals surface area contributed by atoms with Crippen molar-refractivity contribution >= 4 is 5.78 Å². The van der Waals surface area contributed by atoms with Crippen molar-refractivity contribution in [2.75, 3.05) is 13.1 Å². The van der Waals surface area contributed by atoms with E-state index < -0.39 is 0 Å². The molecule has 2 heteroatoms. The highest BCUT2D eigenvalue weighted by Gasteiger charge is 2.33. The number of rotatable bonds is 2. The first kappa shape index (κ1) is 11.9. The quantitative estimate of drug-likeness (QED) is 0.796. The average molecular weight is 243 g/mol. The van der Waals surface area contributed by atoms with E-state index >= 15 is 0 Å². The second-order valence-corrected chi connectivity index (χ2v) is 5.81. The lowest BCUT2D eigenvalue weighted by Gasteiger charge is -2.40. The number of Topliss-reactive ketones (excluding diaryl/α,β-unsaturated/α-hetero) is 1. The van der Waals surface area contributed by atoms with Gasteiger partial charge in [0, 0.05) is 25.9 Å². The van der Waals surface area contributed by atoms with Gasteiger partial charge in [-0.05, 0) is 36.8 Å². The van der Waals surface area contributed by atoms with Crippen molar-refractivity contribution in [2.45, 2.75) is 32.2 Å². The van der Waals surface area contributed by atoms with E-state index in [1.54, 1.807) is 0 Å². The fourth-order valence-electron chi connectivity index (χ4n) is 3.48. The predicted octanol–water partition coefficient (Wildman–Crippen LogP) is 2.88. The highest BCUT2D eigenvalue weighted by Crippen LogP contribution is 2.34. The van der Waals surface area contributed by atoms with Crippen LogP contribution >= 0.6 is 0 Å². The summed E-state index contributed by atoms with van der Waals surface area (Å²) >= 11 is 0. The molecule has 1 aromatic rings. The molecule has 0 bridgehead atoms. The van der Waals surface area contributed by atoms with Gasteiger partial charge in [-0.25, -0.2) is 0 Å². The Balaban J connectivity index is 1.59. The van der Waals surface area contributed by atoms with Gasteiger partial charge in [0.1, 0.15) is 5.78 Å². The van der Waals surface area contributed by atoms with Crippen LogP contribution in [0.4, 0.5) is 0 Å². The van der Waals surface area contributed by atoms with Crippen molar-refractivity contribution in [1.82, 2.24) is 4.90 Å². The second-order valence-electron chi connectivity index (χ2n) is 5.81. The fraction of sp³-hybridized carbons (Fsp3) is 0.562. The molecule has 2 nitrogen and oxygen atoms in total. The predicted molar refractivity (Wildman–Crippen MR) is 72.2 cm³/mol. The first-order chi connectivity index (χ1) is 8.81. The van der Waals surface area contributed by atoms with E-state index in [9.17, 15) is 4.79 Å². The third-order valence-corrected chi connectivity index (χ3v) is 4.51. The third-order valence-electron chi connectivity index (χ3n) is 4.51. The number of ketones is 1. The Morgan fingerprint density at radius 3 is 2.78 bits per heavy atom. The zero-order valence-electron chi connectivity index (χ0n) is 10.8. The number of nitrogens with zero attached hydrogens (tertiary/aromatic N) is 1. The van der Waals surface area contributed by atoms with Gasteiger partial charge in [0.15, 0.2) is 0 Å². The fourth-order valence-corrected chi connectivity index (χ4v) is 3.48. The number of piperidine rings is 1. The van der Waals surface area contributed by atoms with Crippen molar-refractivity contribution in [3.8, 4) is 0 Å². The summed E-state index contributed by atoms with van der Waals surface area (Å²) in [6.45, 7) is 3.41. The van der Waals surface area contributed by atoms with Crippen LogP contribution in [0.2, 0.25) is 0 Å². The Bertz CT molecular complexity index is 414. The molecule has 3 rings (SSSR count). The summed E-state index contributed by atoms with van der Waals surface area (Å²) < 4.78 is 0. The Labute approximate surface area is 109 Å². The molecule has 1 unspecified atom stereocenters. The minimum Gasteiger partial charge on any atom is -0.300 e. The lowest BCUT2D eigenvalue weighted by molar-refractivity contribution is -0.123. The van der Waals surface area contributed by atoms with E-state index in [0.29, 0.717) is 11.7 Å². The molecule has 0 N–H and O–H groups in total. The minimum absolute atomic E-state index is 0.493. The minimum atomic E-state index is 0.493. The first-order valence-corrected chi connectivity index (χ1v) is 7.09. The van der Waals surface area contributed by atoms with Gasteiger partial charge >= 0.3 is 0 Å². The van der Waals surface area contributed by atoms with E-state index in [1.165, 1.54) is 18.5 Å². The topological polar surface area (TPSA) is 20.3 Å².